The molecular formula is C19H17Li. The number of benzene rings is 3. The zero-order valence-electron chi connectivity index (χ0n) is 12.7. The van der Waals surface area contributed by atoms with Crippen molar-refractivity contribution in [3.63, 3.8) is 0 Å². The van der Waals surface area contributed by atoms with Crippen LogP contribution in [-0.4, -0.2) is 0 Å². The number of hydrogen-bond donors (Lipinski definition) is 0. The minimum atomic E-state index is 0. The van der Waals surface area contributed by atoms with Crippen molar-refractivity contribution in [2.75, 3.05) is 0 Å². The van der Waals surface area contributed by atoms with Gasteiger partial charge in [0.2, 0.25) is 0 Å². The number of hydrogen-bond acceptors (Lipinski definition) is 0. The summed E-state index contributed by atoms with van der Waals surface area (Å²) >= 11 is 0. The first-order valence-electron chi connectivity index (χ1n) is 6.60. The maximum Gasteiger partial charge on any atom is 1.00 e. The summed E-state index contributed by atoms with van der Waals surface area (Å²) in [4.78, 5) is 0. The fourth-order valence-electron chi connectivity index (χ4n) is 2.51. The second-order valence-electron chi connectivity index (χ2n) is 4.67. The van der Waals surface area contributed by atoms with Crippen molar-refractivity contribution in [1.82, 2.24) is 0 Å². The summed E-state index contributed by atoms with van der Waals surface area (Å²) in [5.41, 5.74) is 4.00. The van der Waals surface area contributed by atoms with Gasteiger partial charge in [0.15, 0.2) is 0 Å². The van der Waals surface area contributed by atoms with Crippen LogP contribution in [0.15, 0.2) is 91.0 Å². The molecule has 3 aromatic rings. The van der Waals surface area contributed by atoms with E-state index in [1.807, 2.05) is 0 Å². The van der Waals surface area contributed by atoms with E-state index in [0.717, 1.165) is 0 Å². The molecular weight excluding hydrogens is 235 g/mol. The molecule has 0 aliphatic heterocycles. The molecule has 20 heavy (non-hydrogen) atoms. The molecule has 0 fully saturated rings. The summed E-state index contributed by atoms with van der Waals surface area (Å²) in [6.07, 6.45) is 0. The van der Waals surface area contributed by atoms with Gasteiger partial charge in [-0.25, -0.2) is 0 Å². The van der Waals surface area contributed by atoms with Crippen LogP contribution in [0.1, 0.15) is 24.0 Å². The van der Waals surface area contributed by atoms with Crippen molar-refractivity contribution < 1.29 is 20.3 Å². The van der Waals surface area contributed by atoms with Gasteiger partial charge >= 0.3 is 18.9 Å². The molecule has 0 amide bonds. The summed E-state index contributed by atoms with van der Waals surface area (Å²) in [6.45, 7) is 0. The summed E-state index contributed by atoms with van der Waals surface area (Å²) in [6, 6.07) is 32.0. The van der Waals surface area contributed by atoms with Gasteiger partial charge in [-0.05, 0) is 16.7 Å². The predicted octanol–water partition coefficient (Wildman–Crippen LogP) is 1.98. The third kappa shape index (κ3) is 3.22. The topological polar surface area (TPSA) is 0 Å². The quantitative estimate of drug-likeness (QED) is 0.494. The molecule has 0 radical (unpaired) electrons. The van der Waals surface area contributed by atoms with Gasteiger partial charge in [-0.3, -0.25) is 0 Å². The van der Waals surface area contributed by atoms with Crippen LogP contribution in [0.25, 0.3) is 0 Å². The molecule has 0 saturated carbocycles. The zero-order chi connectivity index (χ0) is 12.9. The van der Waals surface area contributed by atoms with Gasteiger partial charge in [-0.2, -0.15) is 0 Å². The Hall–Kier alpha value is -1.74. The van der Waals surface area contributed by atoms with Crippen LogP contribution in [0, 0.1) is 0 Å². The molecule has 0 bridgehead atoms. The number of rotatable bonds is 3. The Morgan fingerprint density at radius 1 is 0.450 bits per heavy atom. The predicted molar refractivity (Wildman–Crippen MR) is 81.4 cm³/mol. The van der Waals surface area contributed by atoms with E-state index in [2.05, 4.69) is 91.0 Å². The third-order valence-electron chi connectivity index (χ3n) is 3.40. The van der Waals surface area contributed by atoms with E-state index in [-0.39, 0.29) is 20.3 Å². The first kappa shape index (κ1) is 14.7. The van der Waals surface area contributed by atoms with Crippen LogP contribution in [0.5, 0.6) is 0 Å². The minimum absolute atomic E-state index is 0. The van der Waals surface area contributed by atoms with E-state index < -0.39 is 0 Å². The second-order valence-corrected chi connectivity index (χ2v) is 4.67. The molecule has 3 rings (SSSR count). The van der Waals surface area contributed by atoms with Crippen LogP contribution in [0.4, 0.5) is 0 Å². The van der Waals surface area contributed by atoms with Crippen LogP contribution < -0.4 is 18.9 Å². The monoisotopic (exact) mass is 252 g/mol. The average molecular weight is 252 g/mol. The third-order valence-corrected chi connectivity index (χ3v) is 3.40. The normalized spacial score (nSPS) is 10.1. The molecule has 0 N–H and O–H groups in total. The van der Waals surface area contributed by atoms with E-state index in [0.29, 0.717) is 5.92 Å². The zero-order valence-corrected chi connectivity index (χ0v) is 11.7. The largest absolute Gasteiger partial charge is 1.00 e. The van der Waals surface area contributed by atoms with E-state index in [9.17, 15) is 0 Å². The Balaban J connectivity index is 0.00000110. The SMILES string of the molecule is [H-].[Li+].c1ccc(C(c2ccccc2)c2ccccc2)cc1. The Morgan fingerprint density at radius 2 is 0.700 bits per heavy atom. The summed E-state index contributed by atoms with van der Waals surface area (Å²) in [5.74, 6) is 0.309. The Bertz CT molecular complexity index is 530. The molecule has 0 atom stereocenters. The van der Waals surface area contributed by atoms with Crippen molar-refractivity contribution in [2.24, 2.45) is 0 Å². The molecule has 0 spiro atoms. The first-order valence-corrected chi connectivity index (χ1v) is 6.60. The van der Waals surface area contributed by atoms with Gasteiger partial charge in [0.1, 0.15) is 0 Å². The first-order chi connectivity index (χ1) is 9.45. The van der Waals surface area contributed by atoms with E-state index in [1.54, 1.807) is 0 Å². The van der Waals surface area contributed by atoms with E-state index in [1.165, 1.54) is 16.7 Å². The fraction of sp³-hybridized carbons (Fsp3) is 0.0526. The van der Waals surface area contributed by atoms with Crippen LogP contribution in [0.3, 0.4) is 0 Å². The summed E-state index contributed by atoms with van der Waals surface area (Å²) in [5, 5.41) is 0. The standard InChI is InChI=1S/C19H16.Li.H/c1-4-10-16(11-5-1)19(17-12-6-2-7-13-17)18-14-8-3-9-15-18;;/h1-15,19H;;/q;+1;-1. The van der Waals surface area contributed by atoms with E-state index in [4.69, 9.17) is 0 Å². The Morgan fingerprint density at radius 3 is 0.950 bits per heavy atom. The molecule has 0 aromatic heterocycles. The fourth-order valence-corrected chi connectivity index (χ4v) is 2.51. The van der Waals surface area contributed by atoms with Crippen LogP contribution >= 0.6 is 0 Å². The maximum atomic E-state index is 2.20. The van der Waals surface area contributed by atoms with Gasteiger partial charge in [0.25, 0.3) is 0 Å². The van der Waals surface area contributed by atoms with Gasteiger partial charge < -0.3 is 1.43 Å². The van der Waals surface area contributed by atoms with Crippen molar-refractivity contribution in [1.29, 1.82) is 0 Å². The van der Waals surface area contributed by atoms with Gasteiger partial charge in [0.05, 0.1) is 0 Å². The Labute approximate surface area is 134 Å². The van der Waals surface area contributed by atoms with E-state index >= 15 is 0 Å². The maximum absolute atomic E-state index is 2.20. The summed E-state index contributed by atoms with van der Waals surface area (Å²) < 4.78 is 0. The molecule has 1 heteroatoms. The van der Waals surface area contributed by atoms with Crippen molar-refractivity contribution >= 4 is 0 Å². The molecule has 0 unspecified atom stereocenters. The van der Waals surface area contributed by atoms with Crippen molar-refractivity contribution in [3.8, 4) is 0 Å². The molecule has 0 heterocycles. The molecule has 0 aliphatic rings. The molecule has 3 aromatic carbocycles. The summed E-state index contributed by atoms with van der Waals surface area (Å²) in [7, 11) is 0. The molecule has 0 nitrogen and oxygen atoms in total. The Kier molecular flexibility index (Phi) is 5.24. The average Bonchev–Trinajstić information content (AvgIpc) is 2.51. The minimum Gasteiger partial charge on any atom is -1.00 e. The van der Waals surface area contributed by atoms with Crippen LogP contribution in [0.2, 0.25) is 0 Å². The smallest absolute Gasteiger partial charge is 1.00 e. The molecule has 0 aliphatic carbocycles. The second kappa shape index (κ2) is 7.15. The molecule has 0 saturated heterocycles. The molecule has 94 valence electrons. The van der Waals surface area contributed by atoms with Crippen molar-refractivity contribution in [3.05, 3.63) is 108 Å². The van der Waals surface area contributed by atoms with Gasteiger partial charge in [-0.1, -0.05) is 91.0 Å². The van der Waals surface area contributed by atoms with Gasteiger partial charge in [-0.15, -0.1) is 0 Å². The van der Waals surface area contributed by atoms with Crippen molar-refractivity contribution in [2.45, 2.75) is 5.92 Å². The van der Waals surface area contributed by atoms with Crippen LogP contribution in [-0.2, 0) is 0 Å². The van der Waals surface area contributed by atoms with Gasteiger partial charge in [0, 0.05) is 5.92 Å².